The Balaban J connectivity index is 2.75. The largest absolute Gasteiger partial charge is 0.467 e. The number of ether oxygens (including phenoxy) is 1. The molecule has 1 aromatic carbocycles. The molecule has 2 N–H and O–H groups in total. The Hall–Kier alpha value is -2.37. The molecule has 0 radical (unpaired) electrons. The highest BCUT2D eigenvalue weighted by Crippen LogP contribution is 2.04. The number of amides is 2. The Morgan fingerprint density at radius 3 is 2.29 bits per heavy atom. The summed E-state index contributed by atoms with van der Waals surface area (Å²) in [6.07, 6.45) is 0.347. The molecule has 0 aliphatic rings. The van der Waals surface area contributed by atoms with Crippen LogP contribution < -0.4 is 10.6 Å². The van der Waals surface area contributed by atoms with Gasteiger partial charge in [-0.25, -0.2) is 4.79 Å². The second-order valence-electron chi connectivity index (χ2n) is 4.70. The van der Waals surface area contributed by atoms with Crippen LogP contribution >= 0.6 is 0 Å². The van der Waals surface area contributed by atoms with Gasteiger partial charge in [0.05, 0.1) is 7.11 Å². The molecule has 21 heavy (non-hydrogen) atoms. The molecule has 0 aliphatic carbocycles. The quantitative estimate of drug-likeness (QED) is 0.744. The average Bonchev–Trinajstić information content (AvgIpc) is 2.46. The second kappa shape index (κ2) is 8.04. The number of methoxy groups -OCH3 is 1. The number of hydrogen-bond donors (Lipinski definition) is 2. The number of nitrogens with one attached hydrogen (secondary N) is 2. The average molecular weight is 292 g/mol. The number of hydrogen-bond acceptors (Lipinski definition) is 4. The van der Waals surface area contributed by atoms with Gasteiger partial charge in [0.25, 0.3) is 0 Å². The van der Waals surface area contributed by atoms with Crippen molar-refractivity contribution in [3.05, 3.63) is 35.9 Å². The third-order valence-corrected chi connectivity index (χ3v) is 2.89. The first-order valence-corrected chi connectivity index (χ1v) is 6.63. The summed E-state index contributed by atoms with van der Waals surface area (Å²) >= 11 is 0. The highest BCUT2D eigenvalue weighted by molar-refractivity contribution is 5.90. The first-order chi connectivity index (χ1) is 9.93. The third-order valence-electron chi connectivity index (χ3n) is 2.89. The summed E-state index contributed by atoms with van der Waals surface area (Å²) in [6, 6.07) is 7.81. The van der Waals surface area contributed by atoms with Crippen molar-refractivity contribution in [3.63, 3.8) is 0 Å². The van der Waals surface area contributed by atoms with Crippen LogP contribution in [0.5, 0.6) is 0 Å². The first kappa shape index (κ1) is 16.7. The van der Waals surface area contributed by atoms with Crippen LogP contribution in [0.3, 0.4) is 0 Å². The van der Waals surface area contributed by atoms with E-state index in [2.05, 4.69) is 15.4 Å². The molecule has 0 saturated carbocycles. The molecule has 0 aliphatic heterocycles. The molecule has 1 aromatic rings. The van der Waals surface area contributed by atoms with E-state index in [0.717, 1.165) is 5.56 Å². The first-order valence-electron chi connectivity index (χ1n) is 6.63. The van der Waals surface area contributed by atoms with Gasteiger partial charge in [0.15, 0.2) is 0 Å². The molecule has 2 amide bonds. The Bertz CT molecular complexity index is 502. The number of carbonyl (C=O) groups excluding carboxylic acids is 3. The predicted octanol–water partition coefficient (Wildman–Crippen LogP) is 0.411. The summed E-state index contributed by atoms with van der Waals surface area (Å²) < 4.78 is 4.55. The monoisotopic (exact) mass is 292 g/mol. The third kappa shape index (κ3) is 5.64. The Morgan fingerprint density at radius 2 is 1.76 bits per heavy atom. The number of carbonyl (C=O) groups is 3. The van der Waals surface area contributed by atoms with Crippen LogP contribution in [0.1, 0.15) is 19.4 Å². The lowest BCUT2D eigenvalue weighted by molar-refractivity contribution is -0.144. The van der Waals surface area contributed by atoms with Gasteiger partial charge in [-0.1, -0.05) is 30.3 Å². The summed E-state index contributed by atoms with van der Waals surface area (Å²) in [5.41, 5.74) is 0.914. The molecule has 0 bridgehead atoms. The standard InChI is InChI=1S/C15H20N2O4/c1-10(15(20)21-3)16-14(19)13(17-11(2)18)9-12-7-5-4-6-8-12/h4-8,10,13H,9H2,1-3H3,(H,16,19)(H,17,18)/t10-,13-/m1/s1. The van der Waals surface area contributed by atoms with Gasteiger partial charge in [0, 0.05) is 13.3 Å². The zero-order valence-electron chi connectivity index (χ0n) is 12.4. The Kier molecular flexibility index (Phi) is 6.39. The number of rotatable bonds is 6. The molecule has 1 rings (SSSR count). The van der Waals surface area contributed by atoms with Crippen LogP contribution in [0.25, 0.3) is 0 Å². The summed E-state index contributed by atoms with van der Waals surface area (Å²) in [5, 5.41) is 5.12. The molecule has 114 valence electrons. The fourth-order valence-electron chi connectivity index (χ4n) is 1.85. The number of benzene rings is 1. The van der Waals surface area contributed by atoms with Gasteiger partial charge in [0.1, 0.15) is 12.1 Å². The molecule has 6 heteroatoms. The minimum atomic E-state index is -0.769. The second-order valence-corrected chi connectivity index (χ2v) is 4.70. The van der Waals surface area contributed by atoms with Crippen LogP contribution in [0.4, 0.5) is 0 Å². The summed E-state index contributed by atoms with van der Waals surface area (Å²) in [7, 11) is 1.25. The zero-order valence-corrected chi connectivity index (χ0v) is 12.4. The zero-order chi connectivity index (χ0) is 15.8. The van der Waals surface area contributed by atoms with Crippen molar-refractivity contribution in [3.8, 4) is 0 Å². The van der Waals surface area contributed by atoms with E-state index in [0.29, 0.717) is 6.42 Å². The van der Waals surface area contributed by atoms with E-state index in [4.69, 9.17) is 0 Å². The van der Waals surface area contributed by atoms with E-state index in [-0.39, 0.29) is 5.91 Å². The Morgan fingerprint density at radius 1 is 1.14 bits per heavy atom. The Labute approximate surface area is 123 Å². The molecule has 0 fully saturated rings. The van der Waals surface area contributed by atoms with Crippen LogP contribution in [0.2, 0.25) is 0 Å². The van der Waals surface area contributed by atoms with Gasteiger partial charge >= 0.3 is 5.97 Å². The van der Waals surface area contributed by atoms with Gasteiger partial charge in [-0.3, -0.25) is 9.59 Å². The van der Waals surface area contributed by atoms with Crippen molar-refractivity contribution in [2.24, 2.45) is 0 Å². The van der Waals surface area contributed by atoms with Crippen LogP contribution in [-0.2, 0) is 25.5 Å². The van der Waals surface area contributed by atoms with Crippen molar-refractivity contribution in [2.75, 3.05) is 7.11 Å². The molecule has 0 unspecified atom stereocenters. The van der Waals surface area contributed by atoms with Gasteiger partial charge in [0.2, 0.25) is 11.8 Å². The van der Waals surface area contributed by atoms with Crippen LogP contribution in [0.15, 0.2) is 30.3 Å². The maximum absolute atomic E-state index is 12.2. The van der Waals surface area contributed by atoms with Crippen molar-refractivity contribution in [2.45, 2.75) is 32.4 Å². The van der Waals surface area contributed by atoms with E-state index in [1.807, 2.05) is 30.3 Å². The maximum atomic E-state index is 12.2. The highest BCUT2D eigenvalue weighted by atomic mass is 16.5. The van der Waals surface area contributed by atoms with Crippen LogP contribution in [0, 0.1) is 0 Å². The fourth-order valence-corrected chi connectivity index (χ4v) is 1.85. The SMILES string of the molecule is COC(=O)[C@@H](C)NC(=O)[C@@H](Cc1ccccc1)NC(C)=O. The normalized spacial score (nSPS) is 12.9. The summed E-state index contributed by atoms with van der Waals surface area (Å²) in [5.74, 6) is -1.27. The van der Waals surface area contributed by atoms with Crippen molar-refractivity contribution in [1.29, 1.82) is 0 Å². The van der Waals surface area contributed by atoms with Gasteiger partial charge in [-0.2, -0.15) is 0 Å². The minimum absolute atomic E-state index is 0.309. The van der Waals surface area contributed by atoms with Crippen molar-refractivity contribution >= 4 is 17.8 Å². The van der Waals surface area contributed by atoms with Crippen molar-refractivity contribution in [1.82, 2.24) is 10.6 Å². The molecule has 0 aromatic heterocycles. The molecular formula is C15H20N2O4. The summed E-state index contributed by atoms with van der Waals surface area (Å²) in [6.45, 7) is 2.87. The van der Waals surface area contributed by atoms with Crippen molar-refractivity contribution < 1.29 is 19.1 Å². The molecule has 0 saturated heterocycles. The topological polar surface area (TPSA) is 84.5 Å². The molecule has 0 heterocycles. The lowest BCUT2D eigenvalue weighted by Gasteiger charge is -2.20. The lowest BCUT2D eigenvalue weighted by atomic mass is 10.0. The molecular weight excluding hydrogens is 272 g/mol. The molecule has 6 nitrogen and oxygen atoms in total. The summed E-state index contributed by atoms with van der Waals surface area (Å²) in [4.78, 5) is 34.7. The van der Waals surface area contributed by atoms with E-state index in [1.165, 1.54) is 21.0 Å². The van der Waals surface area contributed by atoms with Gasteiger partial charge in [-0.05, 0) is 12.5 Å². The maximum Gasteiger partial charge on any atom is 0.328 e. The van der Waals surface area contributed by atoms with E-state index in [9.17, 15) is 14.4 Å². The van der Waals surface area contributed by atoms with E-state index in [1.54, 1.807) is 0 Å². The molecule has 2 atom stereocenters. The fraction of sp³-hybridized carbons (Fsp3) is 0.400. The number of esters is 1. The predicted molar refractivity (Wildman–Crippen MR) is 77.4 cm³/mol. The van der Waals surface area contributed by atoms with Gasteiger partial charge in [-0.15, -0.1) is 0 Å². The highest BCUT2D eigenvalue weighted by Gasteiger charge is 2.24. The van der Waals surface area contributed by atoms with E-state index < -0.39 is 24.0 Å². The van der Waals surface area contributed by atoms with E-state index >= 15 is 0 Å². The lowest BCUT2D eigenvalue weighted by Crippen LogP contribution is -2.51. The molecule has 0 spiro atoms. The minimum Gasteiger partial charge on any atom is -0.467 e. The van der Waals surface area contributed by atoms with Crippen LogP contribution in [-0.4, -0.2) is 37.0 Å². The smallest absolute Gasteiger partial charge is 0.328 e. The van der Waals surface area contributed by atoms with Gasteiger partial charge < -0.3 is 15.4 Å².